The molecule has 1 aromatic rings. The predicted octanol–water partition coefficient (Wildman–Crippen LogP) is -1.10. The molecule has 1 aromatic heterocycles. The van der Waals surface area contributed by atoms with E-state index in [0.717, 1.165) is 0 Å². The van der Waals surface area contributed by atoms with Crippen molar-refractivity contribution in [2.45, 2.75) is 44.7 Å². The number of nitrogens with one attached hydrogen (secondary N) is 1. The number of aliphatic carboxylic acids is 1. The Morgan fingerprint density at radius 1 is 1.41 bits per heavy atom. The first-order valence-corrected chi connectivity index (χ1v) is 7.28. The molecule has 1 rings (SSSR count). The first-order valence-electron chi connectivity index (χ1n) is 7.28. The van der Waals surface area contributed by atoms with Gasteiger partial charge in [-0.3, -0.25) is 9.59 Å². The van der Waals surface area contributed by atoms with Gasteiger partial charge >= 0.3 is 5.97 Å². The van der Waals surface area contributed by atoms with Crippen LogP contribution < -0.4 is 11.1 Å². The van der Waals surface area contributed by atoms with E-state index in [0.29, 0.717) is 50.9 Å². The van der Waals surface area contributed by atoms with Gasteiger partial charge in [0.2, 0.25) is 5.91 Å². The van der Waals surface area contributed by atoms with Crippen molar-refractivity contribution in [2.24, 2.45) is 5.73 Å². The number of carbonyl (C=O) groups excluding carboxylic acids is 1. The van der Waals surface area contributed by atoms with Crippen molar-refractivity contribution in [3.05, 3.63) is 11.9 Å². The number of nitrogens with two attached hydrogens (primary N) is 1. The fraction of sp³-hybridized carbons (Fsp3) is 0.692. The third kappa shape index (κ3) is 7.14. The maximum atomic E-state index is 11.6. The molecule has 0 saturated heterocycles. The van der Waals surface area contributed by atoms with Crippen LogP contribution in [0.5, 0.6) is 0 Å². The standard InChI is InChI=1S/C13H23N5O4/c14-11(13(21)22)3-1-2-6-15-12(20)5-4-10-9-18(7-8-19)17-16-10/h9,11,19H,1-8,14H2,(H,15,20)(H,21,22)/t11-/m0/s1. The molecule has 1 heterocycles. The number of carbonyl (C=O) groups is 2. The summed E-state index contributed by atoms with van der Waals surface area (Å²) in [6.07, 6.45) is 4.26. The number of carboxylic acid groups (broad SMARTS) is 1. The van der Waals surface area contributed by atoms with Crippen molar-refractivity contribution in [2.75, 3.05) is 13.2 Å². The summed E-state index contributed by atoms with van der Waals surface area (Å²) in [5.74, 6) is -1.09. The first-order chi connectivity index (χ1) is 10.5. The lowest BCUT2D eigenvalue weighted by molar-refractivity contribution is -0.138. The van der Waals surface area contributed by atoms with E-state index in [9.17, 15) is 9.59 Å². The summed E-state index contributed by atoms with van der Waals surface area (Å²) in [5.41, 5.74) is 6.08. The molecule has 9 heteroatoms. The van der Waals surface area contributed by atoms with E-state index in [1.54, 1.807) is 6.20 Å². The minimum atomic E-state index is -1.00. The Kier molecular flexibility index (Phi) is 8.08. The molecule has 5 N–H and O–H groups in total. The summed E-state index contributed by atoms with van der Waals surface area (Å²) in [6.45, 7) is 0.884. The molecule has 0 saturated carbocycles. The van der Waals surface area contributed by atoms with Gasteiger partial charge in [0.15, 0.2) is 0 Å². The van der Waals surface area contributed by atoms with Crippen LogP contribution in [0.3, 0.4) is 0 Å². The van der Waals surface area contributed by atoms with Gasteiger partial charge in [0.1, 0.15) is 6.04 Å². The number of amides is 1. The largest absolute Gasteiger partial charge is 0.480 e. The van der Waals surface area contributed by atoms with Crippen molar-refractivity contribution < 1.29 is 19.8 Å². The van der Waals surface area contributed by atoms with Gasteiger partial charge in [-0.05, 0) is 19.3 Å². The Hall–Kier alpha value is -2.00. The minimum Gasteiger partial charge on any atom is -0.480 e. The lowest BCUT2D eigenvalue weighted by atomic mass is 10.1. The molecule has 0 aliphatic rings. The SMILES string of the molecule is N[C@@H](CCCCNC(=O)CCc1cn(CCO)nn1)C(=O)O. The molecule has 0 spiro atoms. The highest BCUT2D eigenvalue weighted by Crippen LogP contribution is 2.00. The molecule has 0 aromatic carbocycles. The van der Waals surface area contributed by atoms with Crippen LogP contribution in [0.2, 0.25) is 0 Å². The molecular weight excluding hydrogens is 290 g/mol. The van der Waals surface area contributed by atoms with Crippen molar-refractivity contribution in [3.63, 3.8) is 0 Å². The summed E-state index contributed by atoms with van der Waals surface area (Å²) >= 11 is 0. The second kappa shape index (κ2) is 9.85. The molecule has 0 aliphatic heterocycles. The fourth-order valence-electron chi connectivity index (χ4n) is 1.84. The monoisotopic (exact) mass is 313 g/mol. The zero-order valence-electron chi connectivity index (χ0n) is 12.4. The number of aryl methyl sites for hydroxylation is 1. The highest BCUT2D eigenvalue weighted by molar-refractivity contribution is 5.76. The van der Waals surface area contributed by atoms with Crippen molar-refractivity contribution in [1.82, 2.24) is 20.3 Å². The van der Waals surface area contributed by atoms with E-state index >= 15 is 0 Å². The number of aliphatic hydroxyl groups is 1. The van der Waals surface area contributed by atoms with E-state index < -0.39 is 12.0 Å². The van der Waals surface area contributed by atoms with Crippen LogP contribution >= 0.6 is 0 Å². The Morgan fingerprint density at radius 2 is 2.18 bits per heavy atom. The Labute approximate surface area is 128 Å². The Bertz CT molecular complexity index is 477. The van der Waals surface area contributed by atoms with Crippen LogP contribution in [0.1, 0.15) is 31.4 Å². The van der Waals surface area contributed by atoms with E-state index in [-0.39, 0.29) is 12.5 Å². The molecule has 1 atom stereocenters. The van der Waals surface area contributed by atoms with Crippen LogP contribution in [0.25, 0.3) is 0 Å². The van der Waals surface area contributed by atoms with Gasteiger partial charge in [0.25, 0.3) is 0 Å². The summed E-state index contributed by atoms with van der Waals surface area (Å²) in [5, 5.41) is 27.9. The van der Waals surface area contributed by atoms with Crippen LogP contribution in [-0.4, -0.2) is 56.3 Å². The number of aromatic nitrogens is 3. The Morgan fingerprint density at radius 3 is 2.86 bits per heavy atom. The molecule has 0 bridgehead atoms. The molecule has 0 unspecified atom stereocenters. The van der Waals surface area contributed by atoms with E-state index in [2.05, 4.69) is 15.6 Å². The molecule has 0 aliphatic carbocycles. The normalized spacial score (nSPS) is 12.1. The van der Waals surface area contributed by atoms with Crippen LogP contribution in [-0.2, 0) is 22.6 Å². The quantitative estimate of drug-likeness (QED) is 0.380. The first kappa shape index (κ1) is 18.1. The third-order valence-electron chi connectivity index (χ3n) is 3.10. The number of nitrogens with zero attached hydrogens (tertiary/aromatic N) is 3. The minimum absolute atomic E-state index is 0.00514. The smallest absolute Gasteiger partial charge is 0.320 e. The van der Waals surface area contributed by atoms with Gasteiger partial charge in [-0.1, -0.05) is 5.21 Å². The number of aliphatic hydroxyl groups excluding tert-OH is 1. The number of hydrogen-bond donors (Lipinski definition) is 4. The van der Waals surface area contributed by atoms with Crippen molar-refractivity contribution in [1.29, 1.82) is 0 Å². The highest BCUT2D eigenvalue weighted by Gasteiger charge is 2.10. The lowest BCUT2D eigenvalue weighted by Gasteiger charge is -2.07. The summed E-state index contributed by atoms with van der Waals surface area (Å²) in [6, 6.07) is -0.836. The number of hydrogen-bond acceptors (Lipinski definition) is 6. The molecule has 22 heavy (non-hydrogen) atoms. The average molecular weight is 313 g/mol. The lowest BCUT2D eigenvalue weighted by Crippen LogP contribution is -2.30. The van der Waals surface area contributed by atoms with E-state index in [1.165, 1.54) is 4.68 Å². The average Bonchev–Trinajstić information content (AvgIpc) is 2.92. The van der Waals surface area contributed by atoms with Gasteiger partial charge in [-0.15, -0.1) is 5.10 Å². The second-order valence-corrected chi connectivity index (χ2v) is 4.99. The molecular formula is C13H23N5O4. The van der Waals surface area contributed by atoms with Crippen molar-refractivity contribution >= 4 is 11.9 Å². The summed E-state index contributed by atoms with van der Waals surface area (Å²) in [4.78, 5) is 22.1. The maximum Gasteiger partial charge on any atom is 0.320 e. The van der Waals surface area contributed by atoms with E-state index in [1.807, 2.05) is 0 Å². The molecule has 9 nitrogen and oxygen atoms in total. The number of unbranched alkanes of at least 4 members (excludes halogenated alkanes) is 1. The maximum absolute atomic E-state index is 11.6. The van der Waals surface area contributed by atoms with Gasteiger partial charge < -0.3 is 21.3 Å². The zero-order valence-corrected chi connectivity index (χ0v) is 12.4. The van der Waals surface area contributed by atoms with E-state index in [4.69, 9.17) is 15.9 Å². The third-order valence-corrected chi connectivity index (χ3v) is 3.10. The second-order valence-electron chi connectivity index (χ2n) is 4.99. The van der Waals surface area contributed by atoms with Gasteiger partial charge in [0, 0.05) is 25.6 Å². The predicted molar refractivity (Wildman–Crippen MR) is 77.9 cm³/mol. The zero-order chi connectivity index (χ0) is 16.4. The van der Waals surface area contributed by atoms with Crippen LogP contribution in [0.15, 0.2) is 6.20 Å². The summed E-state index contributed by atoms with van der Waals surface area (Å²) in [7, 11) is 0. The molecule has 0 radical (unpaired) electrons. The molecule has 124 valence electrons. The van der Waals surface area contributed by atoms with Crippen LogP contribution in [0, 0.1) is 0 Å². The topological polar surface area (TPSA) is 143 Å². The van der Waals surface area contributed by atoms with Crippen LogP contribution in [0.4, 0.5) is 0 Å². The van der Waals surface area contributed by atoms with Crippen molar-refractivity contribution in [3.8, 4) is 0 Å². The van der Waals surface area contributed by atoms with Gasteiger partial charge in [-0.2, -0.15) is 0 Å². The van der Waals surface area contributed by atoms with Gasteiger partial charge in [-0.25, -0.2) is 4.68 Å². The fourth-order valence-corrected chi connectivity index (χ4v) is 1.84. The van der Waals surface area contributed by atoms with Gasteiger partial charge in [0.05, 0.1) is 18.8 Å². The molecule has 0 fully saturated rings. The molecule has 1 amide bonds. The number of rotatable bonds is 11. The number of carboxylic acids is 1. The summed E-state index contributed by atoms with van der Waals surface area (Å²) < 4.78 is 1.53. The Balaban J connectivity index is 2.09. The highest BCUT2D eigenvalue weighted by atomic mass is 16.4.